The Morgan fingerprint density at radius 3 is 2.59 bits per heavy atom. The molecule has 1 heterocycles. The number of benzene rings is 2. The molecule has 152 valence electrons. The van der Waals surface area contributed by atoms with E-state index in [0.717, 1.165) is 22.4 Å². The summed E-state index contributed by atoms with van der Waals surface area (Å²) in [5.41, 5.74) is 3.08. The Labute approximate surface area is 173 Å². The lowest BCUT2D eigenvalue weighted by molar-refractivity contribution is -0.121. The van der Waals surface area contributed by atoms with Crippen LogP contribution >= 0.6 is 11.8 Å². The molecule has 2 aromatic carbocycles. The number of aromatic amines is 1. The fourth-order valence-corrected chi connectivity index (χ4v) is 3.77. The molecule has 0 aliphatic rings. The van der Waals surface area contributed by atoms with Gasteiger partial charge in [0, 0.05) is 23.8 Å². The number of aliphatic hydroxyl groups excluding tert-OH is 1. The van der Waals surface area contributed by atoms with Crippen LogP contribution in [0.1, 0.15) is 22.8 Å². The molecule has 3 rings (SSSR count). The van der Waals surface area contributed by atoms with E-state index in [9.17, 15) is 4.79 Å². The van der Waals surface area contributed by atoms with E-state index in [1.165, 1.54) is 11.8 Å². The average Bonchev–Trinajstić information content (AvgIpc) is 3.21. The van der Waals surface area contributed by atoms with E-state index >= 15 is 0 Å². The summed E-state index contributed by atoms with van der Waals surface area (Å²) in [6.45, 7) is 2.18. The third-order valence-electron chi connectivity index (χ3n) is 4.33. The van der Waals surface area contributed by atoms with Crippen LogP contribution in [0.3, 0.4) is 0 Å². The monoisotopic (exact) mass is 412 g/mol. The summed E-state index contributed by atoms with van der Waals surface area (Å²) < 4.78 is 5.18. The topological polar surface area (TPSA) is 100 Å². The second kappa shape index (κ2) is 10.1. The lowest BCUT2D eigenvalue weighted by Crippen LogP contribution is -2.27. The van der Waals surface area contributed by atoms with Gasteiger partial charge in [0.2, 0.25) is 11.1 Å². The molecule has 8 heteroatoms. The van der Waals surface area contributed by atoms with Crippen molar-refractivity contribution in [3.05, 3.63) is 59.7 Å². The van der Waals surface area contributed by atoms with Crippen molar-refractivity contribution >= 4 is 17.7 Å². The number of carbonyl (C=O) groups excluding carboxylic acids is 1. The molecule has 0 saturated heterocycles. The normalized spacial score (nSPS) is 11.8. The van der Waals surface area contributed by atoms with Crippen LogP contribution in [0.5, 0.6) is 5.75 Å². The lowest BCUT2D eigenvalue weighted by atomic mass is 10.1. The largest absolute Gasteiger partial charge is 0.497 e. The zero-order valence-corrected chi connectivity index (χ0v) is 17.2. The second-order valence-corrected chi connectivity index (χ2v) is 7.66. The van der Waals surface area contributed by atoms with Gasteiger partial charge in [0.15, 0.2) is 5.82 Å². The SMILES string of the molecule is COc1ccc(-c2nc(S[C@@H](CC(=O)NCCO)c3ccc(C)cc3)n[nH]2)cc1. The summed E-state index contributed by atoms with van der Waals surface area (Å²) in [5, 5.41) is 19.3. The fourth-order valence-electron chi connectivity index (χ4n) is 2.75. The van der Waals surface area contributed by atoms with Crippen molar-refractivity contribution in [2.45, 2.75) is 23.8 Å². The van der Waals surface area contributed by atoms with Crippen molar-refractivity contribution in [2.24, 2.45) is 0 Å². The molecule has 0 bridgehead atoms. The van der Waals surface area contributed by atoms with Crippen molar-refractivity contribution in [1.82, 2.24) is 20.5 Å². The minimum absolute atomic E-state index is 0.0831. The molecule has 1 atom stereocenters. The molecule has 0 fully saturated rings. The van der Waals surface area contributed by atoms with E-state index < -0.39 is 0 Å². The zero-order chi connectivity index (χ0) is 20.6. The number of carbonyl (C=O) groups is 1. The van der Waals surface area contributed by atoms with E-state index in [4.69, 9.17) is 9.84 Å². The van der Waals surface area contributed by atoms with Crippen molar-refractivity contribution in [1.29, 1.82) is 0 Å². The molecule has 0 saturated carbocycles. The molecule has 3 aromatic rings. The third kappa shape index (κ3) is 5.82. The molecule has 0 aliphatic carbocycles. The first-order valence-electron chi connectivity index (χ1n) is 9.26. The van der Waals surface area contributed by atoms with Crippen molar-refractivity contribution in [3.8, 4) is 17.1 Å². The first kappa shape index (κ1) is 20.9. The van der Waals surface area contributed by atoms with Gasteiger partial charge in [-0.25, -0.2) is 4.98 Å². The van der Waals surface area contributed by atoms with E-state index in [1.807, 2.05) is 55.5 Å². The minimum atomic E-state index is -0.145. The summed E-state index contributed by atoms with van der Waals surface area (Å²) in [6, 6.07) is 15.6. The predicted octanol–water partition coefficient (Wildman–Crippen LogP) is 3.12. The van der Waals surface area contributed by atoms with Gasteiger partial charge in [-0.2, -0.15) is 0 Å². The number of H-pyrrole nitrogens is 1. The summed E-state index contributed by atoms with van der Waals surface area (Å²) in [7, 11) is 1.63. The van der Waals surface area contributed by atoms with Crippen LogP contribution in [0.4, 0.5) is 0 Å². The zero-order valence-electron chi connectivity index (χ0n) is 16.4. The highest BCUT2D eigenvalue weighted by molar-refractivity contribution is 7.99. The highest BCUT2D eigenvalue weighted by atomic mass is 32.2. The van der Waals surface area contributed by atoms with Gasteiger partial charge in [-0.05, 0) is 36.8 Å². The van der Waals surface area contributed by atoms with E-state index in [2.05, 4.69) is 20.5 Å². The van der Waals surface area contributed by atoms with E-state index in [-0.39, 0.29) is 30.7 Å². The van der Waals surface area contributed by atoms with Gasteiger partial charge in [0.1, 0.15) is 5.75 Å². The molecule has 7 nitrogen and oxygen atoms in total. The Morgan fingerprint density at radius 1 is 1.21 bits per heavy atom. The number of hydrogen-bond acceptors (Lipinski definition) is 6. The molecule has 0 unspecified atom stereocenters. The van der Waals surface area contributed by atoms with Crippen molar-refractivity contribution in [2.75, 3.05) is 20.3 Å². The van der Waals surface area contributed by atoms with Gasteiger partial charge in [-0.1, -0.05) is 41.6 Å². The van der Waals surface area contributed by atoms with Crippen LogP contribution in [-0.4, -0.2) is 46.5 Å². The molecule has 1 aromatic heterocycles. The Morgan fingerprint density at radius 2 is 1.93 bits per heavy atom. The molecule has 0 aliphatic heterocycles. The number of aliphatic hydroxyl groups is 1. The maximum Gasteiger partial charge on any atom is 0.221 e. The third-order valence-corrected chi connectivity index (χ3v) is 5.45. The second-order valence-electron chi connectivity index (χ2n) is 6.49. The maximum atomic E-state index is 12.2. The van der Waals surface area contributed by atoms with Crippen LogP contribution in [-0.2, 0) is 4.79 Å². The molecule has 0 radical (unpaired) electrons. The Balaban J connectivity index is 1.77. The van der Waals surface area contributed by atoms with E-state index in [0.29, 0.717) is 11.0 Å². The van der Waals surface area contributed by atoms with Gasteiger partial charge in [0.05, 0.1) is 13.7 Å². The predicted molar refractivity (Wildman–Crippen MR) is 113 cm³/mol. The van der Waals surface area contributed by atoms with Crippen LogP contribution in [0.25, 0.3) is 11.4 Å². The highest BCUT2D eigenvalue weighted by Gasteiger charge is 2.20. The van der Waals surface area contributed by atoms with Crippen LogP contribution in [0, 0.1) is 6.92 Å². The van der Waals surface area contributed by atoms with Crippen LogP contribution < -0.4 is 10.1 Å². The molecule has 3 N–H and O–H groups in total. The number of thioether (sulfide) groups is 1. The fraction of sp³-hybridized carbons (Fsp3) is 0.286. The van der Waals surface area contributed by atoms with Gasteiger partial charge in [0.25, 0.3) is 0 Å². The average molecular weight is 413 g/mol. The number of aromatic nitrogens is 3. The molecule has 0 spiro atoms. The van der Waals surface area contributed by atoms with Gasteiger partial charge < -0.3 is 15.2 Å². The summed E-state index contributed by atoms with van der Waals surface area (Å²) in [4.78, 5) is 16.8. The number of rotatable bonds is 9. The number of hydrogen-bond donors (Lipinski definition) is 3. The number of amides is 1. The van der Waals surface area contributed by atoms with Crippen LogP contribution in [0.15, 0.2) is 53.7 Å². The Bertz CT molecular complexity index is 926. The van der Waals surface area contributed by atoms with Crippen molar-refractivity contribution in [3.63, 3.8) is 0 Å². The minimum Gasteiger partial charge on any atom is -0.497 e. The smallest absolute Gasteiger partial charge is 0.221 e. The Kier molecular flexibility index (Phi) is 7.26. The molecule has 29 heavy (non-hydrogen) atoms. The molecular formula is C21H24N4O3S. The molecule has 1 amide bonds. The maximum absolute atomic E-state index is 12.2. The van der Waals surface area contributed by atoms with Gasteiger partial charge in [-0.15, -0.1) is 5.10 Å². The molecular weight excluding hydrogens is 388 g/mol. The first-order chi connectivity index (χ1) is 14.1. The summed E-state index contributed by atoms with van der Waals surface area (Å²) in [6.07, 6.45) is 0.264. The van der Waals surface area contributed by atoms with Gasteiger partial charge in [-0.3, -0.25) is 9.89 Å². The number of aryl methyl sites for hydroxylation is 1. The number of ether oxygens (including phenoxy) is 1. The quantitative estimate of drug-likeness (QED) is 0.467. The van der Waals surface area contributed by atoms with Gasteiger partial charge >= 0.3 is 0 Å². The number of nitrogens with zero attached hydrogens (tertiary/aromatic N) is 2. The first-order valence-corrected chi connectivity index (χ1v) is 10.1. The number of nitrogens with one attached hydrogen (secondary N) is 2. The van der Waals surface area contributed by atoms with Crippen molar-refractivity contribution < 1.29 is 14.6 Å². The van der Waals surface area contributed by atoms with Crippen LogP contribution in [0.2, 0.25) is 0 Å². The standard InChI is InChI=1S/C21H24N4O3S/c1-14-3-5-15(6-4-14)18(13-19(27)22-11-12-26)29-21-23-20(24-25-21)16-7-9-17(28-2)10-8-16/h3-10,18,26H,11-13H2,1-2H3,(H,22,27)(H,23,24,25)/t18-/m0/s1. The van der Waals surface area contributed by atoms with E-state index in [1.54, 1.807) is 7.11 Å². The lowest BCUT2D eigenvalue weighted by Gasteiger charge is -2.15. The number of methoxy groups -OCH3 is 1. The Hall–Kier alpha value is -2.84. The summed E-state index contributed by atoms with van der Waals surface area (Å²) in [5.74, 6) is 1.31. The summed E-state index contributed by atoms with van der Waals surface area (Å²) >= 11 is 1.43. The highest BCUT2D eigenvalue weighted by Crippen LogP contribution is 2.36.